The Balaban J connectivity index is 3.41. The Labute approximate surface area is 78.3 Å². The maximum atomic E-state index is 10.9. The van der Waals surface area contributed by atoms with Gasteiger partial charge in [-0.3, -0.25) is 4.84 Å². The number of hydrogen-bond acceptors (Lipinski definition) is 4. The van der Waals surface area contributed by atoms with Crippen molar-refractivity contribution < 1.29 is 19.1 Å². The van der Waals surface area contributed by atoms with Gasteiger partial charge in [0.15, 0.2) is 0 Å². The van der Waals surface area contributed by atoms with Crippen molar-refractivity contribution in [2.45, 2.75) is 26.4 Å². The van der Waals surface area contributed by atoms with Crippen LogP contribution in [0.5, 0.6) is 0 Å². The molecule has 78 valence electrons. The molecule has 0 atom stereocenters. The van der Waals surface area contributed by atoms with Crippen LogP contribution in [-0.2, 0) is 14.3 Å². The average molecular weight is 191 g/mol. The molecule has 0 aliphatic heterocycles. The molecule has 0 aromatic heterocycles. The zero-order valence-corrected chi connectivity index (χ0v) is 8.55. The summed E-state index contributed by atoms with van der Waals surface area (Å²) >= 11 is 0. The average Bonchev–Trinajstić information content (AvgIpc) is 1.94. The molecule has 13 heavy (non-hydrogen) atoms. The lowest BCUT2D eigenvalue weighted by Crippen LogP contribution is -2.33. The van der Waals surface area contributed by atoms with Crippen molar-refractivity contribution in [1.82, 2.24) is 5.48 Å². The number of carbonyl (C=O) groups excluding carboxylic acids is 1. The molecule has 0 bridgehead atoms. The fourth-order valence-electron chi connectivity index (χ4n) is 0.534. The van der Waals surface area contributed by atoms with Gasteiger partial charge in [0.25, 0.3) is 0 Å². The van der Waals surface area contributed by atoms with Crippen LogP contribution in [0.2, 0.25) is 0 Å². The van der Waals surface area contributed by atoms with E-state index in [4.69, 9.17) is 14.3 Å². The van der Waals surface area contributed by atoms with E-state index in [1.807, 2.05) is 0 Å². The van der Waals surface area contributed by atoms with Crippen LogP contribution in [0.25, 0.3) is 0 Å². The predicted molar refractivity (Wildman–Crippen MR) is 47.2 cm³/mol. The highest BCUT2D eigenvalue weighted by Gasteiger charge is 2.15. The molecular formula is C8H17NO4. The van der Waals surface area contributed by atoms with E-state index in [0.29, 0.717) is 13.2 Å². The van der Waals surface area contributed by atoms with Crippen LogP contribution >= 0.6 is 0 Å². The Morgan fingerprint density at radius 3 is 2.38 bits per heavy atom. The van der Waals surface area contributed by atoms with Gasteiger partial charge in [-0.2, -0.15) is 5.48 Å². The lowest BCUT2D eigenvalue weighted by atomic mass is 10.2. The Bertz CT molecular complexity index is 153. The molecule has 0 spiro atoms. The van der Waals surface area contributed by atoms with E-state index in [9.17, 15) is 4.79 Å². The molecule has 5 nitrogen and oxygen atoms in total. The third-order valence-corrected chi connectivity index (χ3v) is 0.944. The van der Waals surface area contributed by atoms with Gasteiger partial charge >= 0.3 is 6.09 Å². The summed E-state index contributed by atoms with van der Waals surface area (Å²) in [5.74, 6) is 0. The van der Waals surface area contributed by atoms with Crippen molar-refractivity contribution >= 4 is 6.09 Å². The molecule has 0 saturated carbocycles. The number of ether oxygens (including phenoxy) is 2. The zero-order chi connectivity index (χ0) is 10.3. The first kappa shape index (κ1) is 12.2. The molecule has 1 amide bonds. The summed E-state index contributed by atoms with van der Waals surface area (Å²) in [6, 6.07) is 0. The van der Waals surface area contributed by atoms with Gasteiger partial charge in [0, 0.05) is 7.11 Å². The van der Waals surface area contributed by atoms with Crippen molar-refractivity contribution in [3.63, 3.8) is 0 Å². The zero-order valence-electron chi connectivity index (χ0n) is 8.55. The van der Waals surface area contributed by atoms with Gasteiger partial charge in [0.2, 0.25) is 0 Å². The molecule has 0 aliphatic carbocycles. The summed E-state index contributed by atoms with van der Waals surface area (Å²) < 4.78 is 9.61. The van der Waals surface area contributed by atoms with Crippen molar-refractivity contribution in [2.75, 3.05) is 20.3 Å². The Morgan fingerprint density at radius 1 is 1.31 bits per heavy atom. The van der Waals surface area contributed by atoms with Crippen LogP contribution in [0, 0.1) is 0 Å². The van der Waals surface area contributed by atoms with E-state index in [0.717, 1.165) is 0 Å². The molecule has 1 N–H and O–H groups in total. The molecule has 5 heteroatoms. The van der Waals surface area contributed by atoms with Crippen LogP contribution in [-0.4, -0.2) is 32.0 Å². The minimum Gasteiger partial charge on any atom is -0.442 e. The topological polar surface area (TPSA) is 56.8 Å². The van der Waals surface area contributed by atoms with E-state index in [1.165, 1.54) is 0 Å². The lowest BCUT2D eigenvalue weighted by Gasteiger charge is -2.19. The normalized spacial score (nSPS) is 11.1. The fourth-order valence-corrected chi connectivity index (χ4v) is 0.534. The first-order valence-corrected chi connectivity index (χ1v) is 4.05. The lowest BCUT2D eigenvalue weighted by molar-refractivity contribution is -0.0208. The molecule has 0 aromatic carbocycles. The molecule has 0 aromatic rings. The Morgan fingerprint density at radius 2 is 1.92 bits per heavy atom. The van der Waals surface area contributed by atoms with E-state index < -0.39 is 11.7 Å². The van der Waals surface area contributed by atoms with Gasteiger partial charge in [0.1, 0.15) is 5.60 Å². The van der Waals surface area contributed by atoms with Crippen molar-refractivity contribution in [2.24, 2.45) is 0 Å². The number of methoxy groups -OCH3 is 1. The molecule has 0 heterocycles. The quantitative estimate of drug-likeness (QED) is 0.534. The van der Waals surface area contributed by atoms with Crippen molar-refractivity contribution in [3.05, 3.63) is 0 Å². The summed E-state index contributed by atoms with van der Waals surface area (Å²) in [5.41, 5.74) is 1.63. The smallest absolute Gasteiger partial charge is 0.431 e. The van der Waals surface area contributed by atoms with Crippen molar-refractivity contribution in [1.29, 1.82) is 0 Å². The second-order valence-corrected chi connectivity index (χ2v) is 3.45. The van der Waals surface area contributed by atoms with Crippen LogP contribution in [0.4, 0.5) is 4.79 Å². The maximum absolute atomic E-state index is 10.9. The van der Waals surface area contributed by atoms with E-state index in [-0.39, 0.29) is 0 Å². The summed E-state index contributed by atoms with van der Waals surface area (Å²) in [6.07, 6.45) is -0.594. The van der Waals surface area contributed by atoms with E-state index in [1.54, 1.807) is 27.9 Å². The SMILES string of the molecule is COCCONC(=O)OC(C)(C)C. The third-order valence-electron chi connectivity index (χ3n) is 0.944. The molecule has 0 unspecified atom stereocenters. The summed E-state index contributed by atoms with van der Waals surface area (Å²) in [6.45, 7) is 6.07. The number of rotatable bonds is 4. The van der Waals surface area contributed by atoms with Crippen LogP contribution in [0.1, 0.15) is 20.8 Å². The second-order valence-electron chi connectivity index (χ2n) is 3.45. The van der Waals surface area contributed by atoms with Gasteiger partial charge in [-0.1, -0.05) is 0 Å². The first-order valence-electron chi connectivity index (χ1n) is 4.05. The number of hydrogen-bond donors (Lipinski definition) is 1. The van der Waals surface area contributed by atoms with Crippen molar-refractivity contribution in [3.8, 4) is 0 Å². The second kappa shape index (κ2) is 5.77. The van der Waals surface area contributed by atoms with Crippen LogP contribution < -0.4 is 5.48 Å². The molecular weight excluding hydrogens is 174 g/mol. The summed E-state index contributed by atoms with van der Waals surface area (Å²) in [7, 11) is 1.55. The summed E-state index contributed by atoms with van der Waals surface area (Å²) in [5, 5.41) is 0. The minimum absolute atomic E-state index is 0.301. The van der Waals surface area contributed by atoms with E-state index in [2.05, 4.69) is 5.48 Å². The third kappa shape index (κ3) is 9.10. The number of nitrogens with one attached hydrogen (secondary N) is 1. The molecule has 0 fully saturated rings. The van der Waals surface area contributed by atoms with Crippen LogP contribution in [0.15, 0.2) is 0 Å². The number of carbonyl (C=O) groups is 1. The fraction of sp³-hybridized carbons (Fsp3) is 0.875. The highest BCUT2D eigenvalue weighted by molar-refractivity contribution is 5.66. The molecule has 0 radical (unpaired) electrons. The van der Waals surface area contributed by atoms with E-state index >= 15 is 0 Å². The number of amides is 1. The minimum atomic E-state index is -0.594. The monoisotopic (exact) mass is 191 g/mol. The summed E-state index contributed by atoms with van der Waals surface area (Å²) in [4.78, 5) is 15.7. The maximum Gasteiger partial charge on any atom is 0.431 e. The number of hydroxylamine groups is 1. The van der Waals surface area contributed by atoms with Gasteiger partial charge in [-0.05, 0) is 20.8 Å². The molecule has 0 saturated heterocycles. The van der Waals surface area contributed by atoms with Gasteiger partial charge in [-0.25, -0.2) is 4.79 Å². The predicted octanol–water partition coefficient (Wildman–Crippen LogP) is 1.09. The van der Waals surface area contributed by atoms with Crippen LogP contribution in [0.3, 0.4) is 0 Å². The van der Waals surface area contributed by atoms with Gasteiger partial charge in [0.05, 0.1) is 13.2 Å². The highest BCUT2D eigenvalue weighted by atomic mass is 16.7. The largest absolute Gasteiger partial charge is 0.442 e. The first-order chi connectivity index (χ1) is 5.95. The Hall–Kier alpha value is -0.810. The standard InChI is InChI=1S/C8H17NO4/c1-8(2,3)13-7(10)9-12-6-5-11-4/h5-6H2,1-4H3,(H,9,10). The highest BCUT2D eigenvalue weighted by Crippen LogP contribution is 2.05. The van der Waals surface area contributed by atoms with Gasteiger partial charge in [-0.15, -0.1) is 0 Å². The molecule has 0 rings (SSSR count). The molecule has 0 aliphatic rings. The Kier molecular flexibility index (Phi) is 5.41. The van der Waals surface area contributed by atoms with Gasteiger partial charge < -0.3 is 9.47 Å².